The van der Waals surface area contributed by atoms with Gasteiger partial charge in [-0.05, 0) is 19.3 Å². The van der Waals surface area contributed by atoms with Crippen LogP contribution in [0.5, 0.6) is 0 Å². The molecule has 0 bridgehead atoms. The summed E-state index contributed by atoms with van der Waals surface area (Å²) in [4.78, 5) is 13.1. The van der Waals surface area contributed by atoms with Crippen molar-refractivity contribution in [3.63, 3.8) is 0 Å². The van der Waals surface area contributed by atoms with Crippen molar-refractivity contribution in [2.45, 2.75) is 26.3 Å². The van der Waals surface area contributed by atoms with Crippen LogP contribution in [0, 0.1) is 5.92 Å². The maximum Gasteiger partial charge on any atom is 0.239 e. The zero-order chi connectivity index (χ0) is 8.43. The Kier molecular flexibility index (Phi) is 2.49. The molecule has 0 aliphatic carbocycles. The van der Waals surface area contributed by atoms with Crippen LogP contribution in [-0.4, -0.2) is 29.9 Å². The molecule has 0 aromatic rings. The molecule has 1 fully saturated rings. The molecule has 1 unspecified atom stereocenters. The van der Waals surface area contributed by atoms with E-state index in [1.807, 2.05) is 4.90 Å². The standard InChI is InChI=1S/C8H16N2O/c1-6-3-4-10(5-6)8(11)7(2)9/h6-7H,3-5,9H2,1-2H3/t6?,7-/m1/s1. The summed E-state index contributed by atoms with van der Waals surface area (Å²) in [6.45, 7) is 5.68. The van der Waals surface area contributed by atoms with Gasteiger partial charge in [-0.1, -0.05) is 6.92 Å². The molecule has 1 heterocycles. The van der Waals surface area contributed by atoms with Crippen molar-refractivity contribution in [2.75, 3.05) is 13.1 Å². The van der Waals surface area contributed by atoms with E-state index in [4.69, 9.17) is 5.73 Å². The van der Waals surface area contributed by atoms with E-state index in [1.54, 1.807) is 6.92 Å². The molecule has 11 heavy (non-hydrogen) atoms. The van der Waals surface area contributed by atoms with Crippen molar-refractivity contribution < 1.29 is 4.79 Å². The van der Waals surface area contributed by atoms with E-state index in [0.29, 0.717) is 5.92 Å². The highest BCUT2D eigenvalue weighted by molar-refractivity contribution is 5.81. The molecule has 64 valence electrons. The molecule has 3 nitrogen and oxygen atoms in total. The molecule has 1 aliphatic heterocycles. The SMILES string of the molecule is CC1CCN(C(=O)[C@@H](C)N)C1. The molecule has 1 aliphatic rings. The fraction of sp³-hybridized carbons (Fsp3) is 0.875. The van der Waals surface area contributed by atoms with Crippen molar-refractivity contribution in [1.82, 2.24) is 4.90 Å². The average Bonchev–Trinajstić information content (AvgIpc) is 2.34. The highest BCUT2D eigenvalue weighted by Gasteiger charge is 2.24. The number of hydrogen-bond acceptors (Lipinski definition) is 2. The maximum absolute atomic E-state index is 11.3. The second kappa shape index (κ2) is 3.22. The number of rotatable bonds is 1. The van der Waals surface area contributed by atoms with Crippen LogP contribution in [0.15, 0.2) is 0 Å². The molecule has 0 saturated carbocycles. The summed E-state index contributed by atoms with van der Waals surface area (Å²) in [5.41, 5.74) is 5.47. The molecule has 0 spiro atoms. The molecule has 2 atom stereocenters. The Balaban J connectivity index is 2.43. The van der Waals surface area contributed by atoms with Crippen molar-refractivity contribution in [3.05, 3.63) is 0 Å². The van der Waals surface area contributed by atoms with Crippen LogP contribution >= 0.6 is 0 Å². The first-order valence-corrected chi connectivity index (χ1v) is 4.15. The van der Waals surface area contributed by atoms with Gasteiger partial charge in [-0.2, -0.15) is 0 Å². The molecule has 3 heteroatoms. The van der Waals surface area contributed by atoms with Gasteiger partial charge in [0.05, 0.1) is 6.04 Å². The van der Waals surface area contributed by atoms with Gasteiger partial charge in [0, 0.05) is 13.1 Å². The van der Waals surface area contributed by atoms with E-state index in [2.05, 4.69) is 6.92 Å². The van der Waals surface area contributed by atoms with Gasteiger partial charge >= 0.3 is 0 Å². The first-order chi connectivity index (χ1) is 5.11. The Labute approximate surface area is 67.5 Å². The third-order valence-electron chi connectivity index (χ3n) is 2.13. The van der Waals surface area contributed by atoms with Crippen LogP contribution in [0.4, 0.5) is 0 Å². The number of carbonyl (C=O) groups excluding carboxylic acids is 1. The smallest absolute Gasteiger partial charge is 0.239 e. The minimum absolute atomic E-state index is 0.0920. The lowest BCUT2D eigenvalue weighted by Crippen LogP contribution is -2.40. The number of amides is 1. The summed E-state index contributed by atoms with van der Waals surface area (Å²) in [5.74, 6) is 0.743. The third-order valence-corrected chi connectivity index (χ3v) is 2.13. The molecule has 2 N–H and O–H groups in total. The molecule has 1 amide bonds. The largest absolute Gasteiger partial charge is 0.341 e. The monoisotopic (exact) mass is 156 g/mol. The molecular formula is C8H16N2O. The molecule has 1 saturated heterocycles. The highest BCUT2D eigenvalue weighted by Crippen LogP contribution is 2.15. The molecule has 0 aromatic carbocycles. The van der Waals surface area contributed by atoms with Gasteiger partial charge in [0.2, 0.25) is 5.91 Å². The lowest BCUT2D eigenvalue weighted by Gasteiger charge is -2.17. The van der Waals surface area contributed by atoms with Crippen molar-refractivity contribution in [1.29, 1.82) is 0 Å². The van der Waals surface area contributed by atoms with Gasteiger partial charge in [-0.25, -0.2) is 0 Å². The first-order valence-electron chi connectivity index (χ1n) is 4.15. The number of hydrogen-bond donors (Lipinski definition) is 1. The lowest BCUT2D eigenvalue weighted by atomic mass is 10.2. The highest BCUT2D eigenvalue weighted by atomic mass is 16.2. The third kappa shape index (κ3) is 1.93. The Morgan fingerprint density at radius 2 is 2.36 bits per heavy atom. The van der Waals surface area contributed by atoms with E-state index < -0.39 is 0 Å². The Bertz CT molecular complexity index is 156. The zero-order valence-corrected chi connectivity index (χ0v) is 7.21. The van der Waals surface area contributed by atoms with Gasteiger partial charge in [-0.15, -0.1) is 0 Å². The average molecular weight is 156 g/mol. The Morgan fingerprint density at radius 1 is 1.73 bits per heavy atom. The van der Waals surface area contributed by atoms with Gasteiger partial charge in [0.15, 0.2) is 0 Å². The van der Waals surface area contributed by atoms with E-state index in [1.165, 1.54) is 0 Å². The molecule has 0 radical (unpaired) electrons. The summed E-state index contributed by atoms with van der Waals surface area (Å²) >= 11 is 0. The minimum Gasteiger partial charge on any atom is -0.341 e. The van der Waals surface area contributed by atoms with Crippen LogP contribution in [0.25, 0.3) is 0 Å². The molecule has 1 rings (SSSR count). The van der Waals surface area contributed by atoms with E-state index >= 15 is 0 Å². The van der Waals surface area contributed by atoms with E-state index in [0.717, 1.165) is 19.5 Å². The summed E-state index contributed by atoms with van der Waals surface area (Å²) in [5, 5.41) is 0. The van der Waals surface area contributed by atoms with E-state index in [-0.39, 0.29) is 11.9 Å². The summed E-state index contributed by atoms with van der Waals surface area (Å²) < 4.78 is 0. The Hall–Kier alpha value is -0.570. The van der Waals surface area contributed by atoms with Crippen LogP contribution < -0.4 is 5.73 Å². The fourth-order valence-electron chi connectivity index (χ4n) is 1.42. The fourth-order valence-corrected chi connectivity index (χ4v) is 1.42. The first kappa shape index (κ1) is 8.53. The van der Waals surface area contributed by atoms with Crippen LogP contribution in [0.1, 0.15) is 20.3 Å². The lowest BCUT2D eigenvalue weighted by molar-refractivity contribution is -0.131. The number of nitrogens with zero attached hydrogens (tertiary/aromatic N) is 1. The zero-order valence-electron chi connectivity index (χ0n) is 7.21. The topological polar surface area (TPSA) is 46.3 Å². The van der Waals surface area contributed by atoms with Crippen LogP contribution in [0.2, 0.25) is 0 Å². The predicted molar refractivity (Wildman–Crippen MR) is 44.0 cm³/mol. The number of carbonyl (C=O) groups is 1. The Morgan fingerprint density at radius 3 is 2.73 bits per heavy atom. The van der Waals surface area contributed by atoms with Crippen LogP contribution in [0.3, 0.4) is 0 Å². The molecule has 0 aromatic heterocycles. The maximum atomic E-state index is 11.3. The quantitative estimate of drug-likeness (QED) is 0.589. The summed E-state index contributed by atoms with van der Waals surface area (Å²) in [7, 11) is 0. The van der Waals surface area contributed by atoms with Gasteiger partial charge in [-0.3, -0.25) is 4.79 Å². The van der Waals surface area contributed by atoms with E-state index in [9.17, 15) is 4.79 Å². The predicted octanol–water partition coefficient (Wildman–Crippen LogP) is 0.202. The number of nitrogens with two attached hydrogens (primary N) is 1. The van der Waals surface area contributed by atoms with Gasteiger partial charge in [0.25, 0.3) is 0 Å². The van der Waals surface area contributed by atoms with Gasteiger partial charge in [0.1, 0.15) is 0 Å². The summed E-state index contributed by atoms with van der Waals surface area (Å²) in [6, 6.07) is -0.333. The minimum atomic E-state index is -0.333. The normalized spacial score (nSPS) is 27.2. The van der Waals surface area contributed by atoms with Crippen LogP contribution in [-0.2, 0) is 4.79 Å². The second-order valence-corrected chi connectivity index (χ2v) is 3.47. The second-order valence-electron chi connectivity index (χ2n) is 3.47. The van der Waals surface area contributed by atoms with Gasteiger partial charge < -0.3 is 10.6 Å². The van der Waals surface area contributed by atoms with Crippen molar-refractivity contribution >= 4 is 5.91 Å². The number of likely N-dealkylation sites (tertiary alicyclic amines) is 1. The van der Waals surface area contributed by atoms with Crippen molar-refractivity contribution in [2.24, 2.45) is 11.7 Å². The van der Waals surface area contributed by atoms with Crippen molar-refractivity contribution in [3.8, 4) is 0 Å². The molecular weight excluding hydrogens is 140 g/mol. The summed E-state index contributed by atoms with van der Waals surface area (Å²) in [6.07, 6.45) is 1.12.